The first kappa shape index (κ1) is 20.0. The number of hydrogen-bond acceptors (Lipinski definition) is 3. The van der Waals surface area contributed by atoms with E-state index < -0.39 is 11.7 Å². The molecule has 1 spiro atoms. The molecule has 27 heavy (non-hydrogen) atoms. The van der Waals surface area contributed by atoms with Crippen LogP contribution < -0.4 is 0 Å². The summed E-state index contributed by atoms with van der Waals surface area (Å²) in [5, 5.41) is 0. The zero-order chi connectivity index (χ0) is 19.8. The number of likely N-dealkylation sites (tertiary alicyclic amines) is 1. The summed E-state index contributed by atoms with van der Waals surface area (Å²) < 4.78 is 38.2. The summed E-state index contributed by atoms with van der Waals surface area (Å²) in [5.74, 6) is 0.621. The quantitative estimate of drug-likeness (QED) is 0.757. The Morgan fingerprint density at radius 3 is 2.19 bits per heavy atom. The molecule has 0 saturated carbocycles. The molecule has 1 aromatic rings. The van der Waals surface area contributed by atoms with Crippen molar-refractivity contribution in [2.45, 2.75) is 37.7 Å². The van der Waals surface area contributed by atoms with Crippen LogP contribution >= 0.6 is 11.8 Å². The summed E-state index contributed by atoms with van der Waals surface area (Å²) in [6, 6.07) is 4.40. The third-order valence-corrected chi connectivity index (χ3v) is 6.78. The molecule has 0 N–H and O–H groups in total. The second-order valence-electron chi connectivity index (χ2n) is 7.31. The lowest BCUT2D eigenvalue weighted by Gasteiger charge is -2.44. The Labute approximate surface area is 161 Å². The van der Waals surface area contributed by atoms with Gasteiger partial charge in [-0.05, 0) is 37.1 Å². The number of nitrogens with zero attached hydrogens (tertiary/aromatic N) is 2. The fourth-order valence-electron chi connectivity index (χ4n) is 3.71. The summed E-state index contributed by atoms with van der Waals surface area (Å²) in [7, 11) is 0. The molecule has 4 nitrogen and oxygen atoms in total. The summed E-state index contributed by atoms with van der Waals surface area (Å²) in [6.07, 6.45) is -3.05. The SMILES string of the molecule is CC(C)C(=O)N1CCC2(CC1)SCCN2C(=O)c1ccc(C(F)(F)F)cc1. The van der Waals surface area contributed by atoms with E-state index in [0.717, 1.165) is 17.9 Å². The molecule has 0 aromatic heterocycles. The number of hydrogen-bond donors (Lipinski definition) is 0. The molecule has 2 heterocycles. The van der Waals surface area contributed by atoms with Gasteiger partial charge in [-0.2, -0.15) is 13.2 Å². The maximum atomic E-state index is 13.0. The molecule has 2 aliphatic rings. The number of amides is 2. The van der Waals surface area contributed by atoms with E-state index in [2.05, 4.69) is 0 Å². The van der Waals surface area contributed by atoms with E-state index in [-0.39, 0.29) is 28.2 Å². The molecule has 0 bridgehead atoms. The normalized spacial score (nSPS) is 19.8. The first-order valence-corrected chi connectivity index (χ1v) is 10.0. The molecule has 2 amide bonds. The average molecular weight is 400 g/mol. The van der Waals surface area contributed by atoms with Crippen LogP contribution in [0.4, 0.5) is 13.2 Å². The number of halogens is 3. The van der Waals surface area contributed by atoms with Crippen LogP contribution in [0.2, 0.25) is 0 Å². The maximum Gasteiger partial charge on any atom is 0.416 e. The Bertz CT molecular complexity index is 711. The molecular formula is C19H23F3N2O2S. The smallest absolute Gasteiger partial charge is 0.342 e. The summed E-state index contributed by atoms with van der Waals surface area (Å²) in [6.45, 7) is 5.51. The summed E-state index contributed by atoms with van der Waals surface area (Å²) >= 11 is 1.71. The van der Waals surface area contributed by atoms with Crippen molar-refractivity contribution < 1.29 is 22.8 Å². The molecule has 2 fully saturated rings. The van der Waals surface area contributed by atoms with Crippen molar-refractivity contribution in [1.82, 2.24) is 9.80 Å². The summed E-state index contributed by atoms with van der Waals surface area (Å²) in [5.41, 5.74) is -0.490. The van der Waals surface area contributed by atoms with Gasteiger partial charge in [0.2, 0.25) is 5.91 Å². The highest BCUT2D eigenvalue weighted by molar-refractivity contribution is 8.00. The van der Waals surface area contributed by atoms with Gasteiger partial charge in [0, 0.05) is 36.9 Å². The van der Waals surface area contributed by atoms with Crippen LogP contribution in [-0.2, 0) is 11.0 Å². The van der Waals surface area contributed by atoms with E-state index in [9.17, 15) is 22.8 Å². The van der Waals surface area contributed by atoms with E-state index in [0.29, 0.717) is 32.5 Å². The maximum absolute atomic E-state index is 13.0. The van der Waals surface area contributed by atoms with Gasteiger partial charge in [0.1, 0.15) is 0 Å². The van der Waals surface area contributed by atoms with E-state index in [1.165, 1.54) is 12.1 Å². The minimum Gasteiger partial charge on any atom is -0.342 e. The van der Waals surface area contributed by atoms with E-state index in [1.807, 2.05) is 18.7 Å². The molecule has 0 radical (unpaired) electrons. The Kier molecular flexibility index (Phi) is 5.47. The van der Waals surface area contributed by atoms with Crippen molar-refractivity contribution in [3.05, 3.63) is 35.4 Å². The monoisotopic (exact) mass is 400 g/mol. The first-order valence-electron chi connectivity index (χ1n) is 9.06. The topological polar surface area (TPSA) is 40.6 Å². The third-order valence-electron chi connectivity index (χ3n) is 5.23. The minimum atomic E-state index is -4.41. The highest BCUT2D eigenvalue weighted by atomic mass is 32.2. The van der Waals surface area contributed by atoms with Crippen molar-refractivity contribution in [3.8, 4) is 0 Å². The van der Waals surface area contributed by atoms with E-state index in [1.54, 1.807) is 16.7 Å². The molecule has 8 heteroatoms. The minimum absolute atomic E-state index is 0.0554. The predicted molar refractivity (Wildman–Crippen MR) is 98.3 cm³/mol. The highest BCUT2D eigenvalue weighted by Crippen LogP contribution is 2.44. The molecule has 0 atom stereocenters. The Morgan fingerprint density at radius 1 is 1.07 bits per heavy atom. The van der Waals surface area contributed by atoms with Crippen LogP contribution in [0.25, 0.3) is 0 Å². The van der Waals surface area contributed by atoms with Gasteiger partial charge >= 0.3 is 6.18 Å². The van der Waals surface area contributed by atoms with Crippen molar-refractivity contribution >= 4 is 23.6 Å². The van der Waals surface area contributed by atoms with Crippen molar-refractivity contribution in [1.29, 1.82) is 0 Å². The zero-order valence-corrected chi connectivity index (χ0v) is 16.2. The number of benzene rings is 1. The molecule has 2 saturated heterocycles. The molecular weight excluding hydrogens is 377 g/mol. The predicted octanol–water partition coefficient (Wildman–Crippen LogP) is 3.87. The van der Waals surface area contributed by atoms with Gasteiger partial charge in [-0.15, -0.1) is 11.8 Å². The van der Waals surface area contributed by atoms with Crippen molar-refractivity contribution in [2.24, 2.45) is 5.92 Å². The molecule has 2 aliphatic heterocycles. The molecule has 1 aromatic carbocycles. The number of thioether (sulfide) groups is 1. The lowest BCUT2D eigenvalue weighted by molar-refractivity contribution is -0.138. The zero-order valence-electron chi connectivity index (χ0n) is 15.4. The van der Waals surface area contributed by atoms with Gasteiger partial charge in [0.15, 0.2) is 0 Å². The van der Waals surface area contributed by atoms with Gasteiger partial charge in [0.25, 0.3) is 5.91 Å². The van der Waals surface area contributed by atoms with Crippen LogP contribution in [0, 0.1) is 5.92 Å². The molecule has 0 aliphatic carbocycles. The largest absolute Gasteiger partial charge is 0.416 e. The fourth-order valence-corrected chi connectivity index (χ4v) is 5.16. The highest BCUT2D eigenvalue weighted by Gasteiger charge is 2.47. The van der Waals surface area contributed by atoms with Gasteiger partial charge in [0.05, 0.1) is 10.4 Å². The number of rotatable bonds is 2. The van der Waals surface area contributed by atoms with Crippen LogP contribution in [0.3, 0.4) is 0 Å². The van der Waals surface area contributed by atoms with Gasteiger partial charge in [-0.25, -0.2) is 0 Å². The van der Waals surface area contributed by atoms with Crippen LogP contribution in [0.5, 0.6) is 0 Å². The molecule has 3 rings (SSSR count). The fraction of sp³-hybridized carbons (Fsp3) is 0.579. The second-order valence-corrected chi connectivity index (χ2v) is 8.76. The van der Waals surface area contributed by atoms with Gasteiger partial charge in [-0.3, -0.25) is 9.59 Å². The van der Waals surface area contributed by atoms with Crippen LogP contribution in [-0.4, -0.2) is 51.9 Å². The first-order chi connectivity index (χ1) is 12.6. The number of carbonyl (C=O) groups is 2. The number of carbonyl (C=O) groups excluding carboxylic acids is 2. The number of alkyl halides is 3. The van der Waals surface area contributed by atoms with Crippen molar-refractivity contribution in [2.75, 3.05) is 25.4 Å². The van der Waals surface area contributed by atoms with Crippen LogP contribution in [0.15, 0.2) is 24.3 Å². The van der Waals surface area contributed by atoms with E-state index >= 15 is 0 Å². The van der Waals surface area contributed by atoms with Crippen LogP contribution in [0.1, 0.15) is 42.6 Å². The second kappa shape index (κ2) is 7.37. The third kappa shape index (κ3) is 3.95. The molecule has 148 valence electrons. The lowest BCUT2D eigenvalue weighted by atomic mass is 9.99. The Hall–Kier alpha value is -1.70. The van der Waals surface area contributed by atoms with E-state index in [4.69, 9.17) is 0 Å². The van der Waals surface area contributed by atoms with Gasteiger partial charge < -0.3 is 9.80 Å². The molecule has 0 unspecified atom stereocenters. The number of piperidine rings is 1. The lowest BCUT2D eigenvalue weighted by Crippen LogP contribution is -2.54. The summed E-state index contributed by atoms with van der Waals surface area (Å²) in [4.78, 5) is 28.4. The van der Waals surface area contributed by atoms with Gasteiger partial charge in [-0.1, -0.05) is 13.8 Å². The standard InChI is InChI=1S/C19H23F3N2O2S/c1-13(2)16(25)23-9-7-18(8-10-23)24(11-12-27-18)17(26)14-3-5-15(6-4-14)19(20,21)22/h3-6,13H,7-12H2,1-2H3. The Balaban J connectivity index is 1.73. The average Bonchev–Trinajstić information content (AvgIpc) is 3.03. The Morgan fingerprint density at radius 2 is 1.67 bits per heavy atom. The van der Waals surface area contributed by atoms with Crippen molar-refractivity contribution in [3.63, 3.8) is 0 Å².